The highest BCUT2D eigenvalue weighted by Gasteiger charge is 2.17. The summed E-state index contributed by atoms with van der Waals surface area (Å²) in [7, 11) is 0. The molecule has 108 valence electrons. The molecule has 0 heterocycles. The Hall–Kier alpha value is -1.86. The van der Waals surface area contributed by atoms with E-state index < -0.39 is 10.8 Å². The van der Waals surface area contributed by atoms with Crippen LogP contribution in [0.4, 0.5) is 11.4 Å². The van der Waals surface area contributed by atoms with Gasteiger partial charge in [-0.3, -0.25) is 14.9 Å². The number of nitrogens with zero attached hydrogens (tertiary/aromatic N) is 1. The molecule has 1 amide bonds. The molecule has 0 unspecified atom stereocenters. The third-order valence-corrected chi connectivity index (χ3v) is 4.24. The van der Waals surface area contributed by atoms with Crippen molar-refractivity contribution in [1.82, 2.24) is 0 Å². The lowest BCUT2D eigenvalue weighted by Crippen LogP contribution is -2.12. The number of nitro benzene ring substituents is 1. The monoisotopic (exact) mass is 366 g/mol. The van der Waals surface area contributed by atoms with Crippen molar-refractivity contribution < 1.29 is 9.72 Å². The van der Waals surface area contributed by atoms with E-state index in [-0.39, 0.29) is 11.3 Å². The number of thioether (sulfide) groups is 1. The van der Waals surface area contributed by atoms with Crippen LogP contribution in [0.25, 0.3) is 0 Å². The molecule has 0 saturated carbocycles. The summed E-state index contributed by atoms with van der Waals surface area (Å²) in [6.45, 7) is 0. The first-order valence-corrected chi connectivity index (χ1v) is 7.93. The van der Waals surface area contributed by atoms with Crippen LogP contribution in [0.15, 0.2) is 51.8 Å². The Balaban J connectivity index is 2.30. The molecule has 2 rings (SSSR count). The molecule has 0 aromatic heterocycles. The molecule has 0 aliphatic heterocycles. The number of nitrogens with one attached hydrogen (secondary N) is 1. The van der Waals surface area contributed by atoms with Gasteiger partial charge >= 0.3 is 0 Å². The van der Waals surface area contributed by atoms with Crippen LogP contribution in [0.3, 0.4) is 0 Å². The van der Waals surface area contributed by atoms with Crippen molar-refractivity contribution >= 4 is 45.0 Å². The van der Waals surface area contributed by atoms with Gasteiger partial charge in [0, 0.05) is 16.1 Å². The maximum atomic E-state index is 12.2. The molecule has 0 aliphatic rings. The second-order valence-electron chi connectivity index (χ2n) is 4.08. The number of carbonyl (C=O) groups excluding carboxylic acids is 1. The molecule has 0 fully saturated rings. The Morgan fingerprint density at radius 2 is 2.00 bits per heavy atom. The fraction of sp³-hybridized carbons (Fsp3) is 0.0714. The highest BCUT2D eigenvalue weighted by atomic mass is 79.9. The molecule has 7 heteroatoms. The van der Waals surface area contributed by atoms with E-state index in [1.54, 1.807) is 36.6 Å². The van der Waals surface area contributed by atoms with Crippen LogP contribution in [0.1, 0.15) is 10.4 Å². The van der Waals surface area contributed by atoms with Gasteiger partial charge in [-0.1, -0.05) is 12.1 Å². The van der Waals surface area contributed by atoms with Crippen LogP contribution in [0.5, 0.6) is 0 Å². The number of hydrogen-bond donors (Lipinski definition) is 1. The van der Waals surface area contributed by atoms with Gasteiger partial charge in [0.2, 0.25) is 0 Å². The van der Waals surface area contributed by atoms with Crippen LogP contribution in [0, 0.1) is 10.1 Å². The minimum Gasteiger partial charge on any atom is -0.321 e. The maximum absolute atomic E-state index is 12.2. The summed E-state index contributed by atoms with van der Waals surface area (Å²) < 4.78 is 0.744. The summed E-state index contributed by atoms with van der Waals surface area (Å²) in [6, 6.07) is 11.6. The summed E-state index contributed by atoms with van der Waals surface area (Å²) in [5.74, 6) is -0.391. The van der Waals surface area contributed by atoms with E-state index in [1.807, 2.05) is 6.07 Å². The summed E-state index contributed by atoms with van der Waals surface area (Å²) >= 11 is 4.60. The van der Waals surface area contributed by atoms with Gasteiger partial charge < -0.3 is 5.32 Å². The van der Waals surface area contributed by atoms with Crippen molar-refractivity contribution in [3.63, 3.8) is 0 Å². The van der Waals surface area contributed by atoms with Gasteiger partial charge in [-0.2, -0.15) is 0 Å². The van der Waals surface area contributed by atoms with Gasteiger partial charge in [0.05, 0.1) is 15.5 Å². The van der Waals surface area contributed by atoms with E-state index in [4.69, 9.17) is 0 Å². The summed E-state index contributed by atoms with van der Waals surface area (Å²) in [4.78, 5) is 23.2. The molecular weight excluding hydrogens is 356 g/mol. The van der Waals surface area contributed by atoms with Crippen LogP contribution >= 0.6 is 27.7 Å². The number of amides is 1. The highest BCUT2D eigenvalue weighted by molar-refractivity contribution is 9.10. The molecule has 0 aliphatic carbocycles. The first-order valence-electron chi connectivity index (χ1n) is 5.91. The zero-order chi connectivity index (χ0) is 15.4. The van der Waals surface area contributed by atoms with Crippen LogP contribution < -0.4 is 5.32 Å². The number of hydrogen-bond acceptors (Lipinski definition) is 4. The third-order valence-electron chi connectivity index (χ3n) is 2.76. The zero-order valence-electron chi connectivity index (χ0n) is 11.0. The molecule has 0 atom stereocenters. The minimum absolute atomic E-state index is 0.0673. The quantitative estimate of drug-likeness (QED) is 0.496. The molecule has 0 saturated heterocycles. The first kappa shape index (κ1) is 15.5. The number of benzene rings is 2. The van der Waals surface area contributed by atoms with E-state index in [0.29, 0.717) is 10.6 Å². The number of para-hydroxylation sites is 1. The number of carbonyl (C=O) groups is 1. The minimum atomic E-state index is -0.485. The predicted molar refractivity (Wildman–Crippen MR) is 87.0 cm³/mol. The normalized spacial score (nSPS) is 10.2. The van der Waals surface area contributed by atoms with Crippen molar-refractivity contribution in [1.29, 1.82) is 0 Å². The van der Waals surface area contributed by atoms with E-state index in [1.165, 1.54) is 17.8 Å². The van der Waals surface area contributed by atoms with E-state index >= 15 is 0 Å². The van der Waals surface area contributed by atoms with E-state index in [2.05, 4.69) is 21.2 Å². The second-order valence-corrected chi connectivity index (χ2v) is 5.78. The predicted octanol–water partition coefficient (Wildman–Crippen LogP) is 4.33. The van der Waals surface area contributed by atoms with Crippen LogP contribution in [-0.2, 0) is 0 Å². The van der Waals surface area contributed by atoms with Crippen molar-refractivity contribution in [3.8, 4) is 0 Å². The lowest BCUT2D eigenvalue weighted by atomic mass is 10.2. The summed E-state index contributed by atoms with van der Waals surface area (Å²) in [5, 5.41) is 13.7. The molecule has 0 radical (unpaired) electrons. The fourth-order valence-electron chi connectivity index (χ4n) is 1.73. The Bertz CT molecular complexity index is 706. The number of anilines is 1. The van der Waals surface area contributed by atoms with Gasteiger partial charge in [0.15, 0.2) is 0 Å². The molecule has 2 aromatic carbocycles. The molecule has 21 heavy (non-hydrogen) atoms. The Morgan fingerprint density at radius 3 is 2.62 bits per heavy atom. The lowest BCUT2D eigenvalue weighted by molar-refractivity contribution is -0.387. The largest absolute Gasteiger partial charge is 0.321 e. The van der Waals surface area contributed by atoms with Crippen LogP contribution in [-0.4, -0.2) is 17.1 Å². The second kappa shape index (κ2) is 6.73. The number of rotatable bonds is 4. The van der Waals surface area contributed by atoms with E-state index in [0.717, 1.165) is 4.47 Å². The smallest absolute Gasteiger partial charge is 0.283 e. The lowest BCUT2D eigenvalue weighted by Gasteiger charge is -2.08. The van der Waals surface area contributed by atoms with Crippen molar-refractivity contribution in [2.45, 2.75) is 4.90 Å². The Morgan fingerprint density at radius 1 is 1.29 bits per heavy atom. The third kappa shape index (κ3) is 3.62. The SMILES string of the molecule is CSc1ccc(C(=O)Nc2ccccc2Br)cc1[N+](=O)[O-]. The summed E-state index contributed by atoms with van der Waals surface area (Å²) in [5.41, 5.74) is 0.789. The Kier molecular flexibility index (Phi) is 4.98. The summed E-state index contributed by atoms with van der Waals surface area (Å²) in [6.07, 6.45) is 1.75. The molecule has 0 bridgehead atoms. The van der Waals surface area contributed by atoms with Gasteiger partial charge in [0.25, 0.3) is 11.6 Å². The van der Waals surface area contributed by atoms with Crippen molar-refractivity contribution in [2.24, 2.45) is 0 Å². The molecule has 5 nitrogen and oxygen atoms in total. The molecule has 0 spiro atoms. The molecular formula is C14H11BrN2O3S. The zero-order valence-corrected chi connectivity index (χ0v) is 13.4. The average Bonchev–Trinajstić information content (AvgIpc) is 2.48. The standard InChI is InChI=1S/C14H11BrN2O3S/c1-21-13-7-6-9(8-12(13)17(19)20)14(18)16-11-5-3-2-4-10(11)15/h2-8H,1H3,(H,16,18). The van der Waals surface area contributed by atoms with Crippen molar-refractivity contribution in [3.05, 3.63) is 62.6 Å². The topological polar surface area (TPSA) is 72.2 Å². The van der Waals surface area contributed by atoms with Gasteiger partial charge in [-0.25, -0.2) is 0 Å². The molecule has 1 N–H and O–H groups in total. The van der Waals surface area contributed by atoms with Gasteiger partial charge in [-0.15, -0.1) is 11.8 Å². The number of halogens is 1. The first-order chi connectivity index (χ1) is 10.0. The fourth-order valence-corrected chi connectivity index (χ4v) is 2.66. The number of nitro groups is 1. The maximum Gasteiger partial charge on any atom is 0.283 e. The highest BCUT2D eigenvalue weighted by Crippen LogP contribution is 2.29. The van der Waals surface area contributed by atoms with Crippen molar-refractivity contribution in [2.75, 3.05) is 11.6 Å². The van der Waals surface area contributed by atoms with E-state index in [9.17, 15) is 14.9 Å². The average molecular weight is 367 g/mol. The van der Waals surface area contributed by atoms with Crippen LogP contribution in [0.2, 0.25) is 0 Å². The van der Waals surface area contributed by atoms with Gasteiger partial charge in [-0.05, 0) is 46.5 Å². The molecule has 2 aromatic rings. The Labute approximate surface area is 134 Å². The van der Waals surface area contributed by atoms with Gasteiger partial charge in [0.1, 0.15) is 0 Å².